The summed E-state index contributed by atoms with van der Waals surface area (Å²) in [7, 11) is -3.76. The maximum absolute atomic E-state index is 12.8. The van der Waals surface area contributed by atoms with Gasteiger partial charge < -0.3 is 4.57 Å². The maximum atomic E-state index is 12.8. The van der Waals surface area contributed by atoms with E-state index in [0.29, 0.717) is 27.6 Å². The second-order valence-corrected chi connectivity index (χ2v) is 10.8. The van der Waals surface area contributed by atoms with Crippen molar-refractivity contribution in [2.75, 3.05) is 4.72 Å². The number of carbonyl (C=O) groups is 1. The molecule has 1 amide bonds. The quantitative estimate of drug-likeness (QED) is 0.347. The number of sulfonamides is 1. The minimum Gasteiger partial charge on any atom is -0.316 e. The lowest BCUT2D eigenvalue weighted by atomic mass is 10.2. The van der Waals surface area contributed by atoms with Crippen molar-refractivity contribution >= 4 is 70.7 Å². The molecular formula is C22H17BrClN3O3S2. The Hall–Kier alpha value is -2.46. The number of hydrogen-bond donors (Lipinski definition) is 1. The Morgan fingerprint density at radius 1 is 1.09 bits per heavy atom. The molecule has 0 saturated carbocycles. The molecule has 0 bridgehead atoms. The third kappa shape index (κ3) is 4.66. The topological polar surface area (TPSA) is 80.5 Å². The monoisotopic (exact) mass is 549 g/mol. The molecule has 0 fully saturated rings. The summed E-state index contributed by atoms with van der Waals surface area (Å²) < 4.78 is 31.5. The van der Waals surface area contributed by atoms with E-state index in [1.807, 2.05) is 29.7 Å². The van der Waals surface area contributed by atoms with E-state index in [2.05, 4.69) is 25.6 Å². The van der Waals surface area contributed by atoms with E-state index in [1.54, 1.807) is 12.1 Å². The number of amides is 1. The van der Waals surface area contributed by atoms with E-state index in [9.17, 15) is 13.2 Å². The van der Waals surface area contributed by atoms with Gasteiger partial charge in [0.15, 0.2) is 4.80 Å². The summed E-state index contributed by atoms with van der Waals surface area (Å²) in [4.78, 5) is 17.8. The molecule has 0 saturated heterocycles. The number of para-hydroxylation sites is 1. The van der Waals surface area contributed by atoms with Crippen LogP contribution < -0.4 is 9.52 Å². The van der Waals surface area contributed by atoms with Crippen LogP contribution >= 0.6 is 38.9 Å². The number of rotatable bonds is 5. The molecule has 32 heavy (non-hydrogen) atoms. The molecular weight excluding hydrogens is 534 g/mol. The van der Waals surface area contributed by atoms with Crippen molar-refractivity contribution in [2.45, 2.75) is 18.4 Å². The highest BCUT2D eigenvalue weighted by Crippen LogP contribution is 2.26. The Bertz CT molecular complexity index is 1480. The van der Waals surface area contributed by atoms with Crippen LogP contribution in [0.15, 0.2) is 81.1 Å². The Morgan fingerprint density at radius 3 is 2.44 bits per heavy atom. The summed E-state index contributed by atoms with van der Waals surface area (Å²) in [6, 6.07) is 17.9. The number of anilines is 1. The van der Waals surface area contributed by atoms with Gasteiger partial charge in [0, 0.05) is 27.3 Å². The van der Waals surface area contributed by atoms with Gasteiger partial charge in [0.2, 0.25) is 0 Å². The maximum Gasteiger partial charge on any atom is 0.279 e. The summed E-state index contributed by atoms with van der Waals surface area (Å²) in [6.45, 7) is 2.66. The Labute approximate surface area is 202 Å². The zero-order valence-corrected chi connectivity index (χ0v) is 20.7. The third-order valence-corrected chi connectivity index (χ3v) is 8.01. The van der Waals surface area contributed by atoms with E-state index in [1.165, 1.54) is 47.7 Å². The van der Waals surface area contributed by atoms with Crippen molar-refractivity contribution < 1.29 is 13.2 Å². The molecule has 1 aromatic heterocycles. The summed E-state index contributed by atoms with van der Waals surface area (Å²) in [5, 5.41) is 0.450. The van der Waals surface area contributed by atoms with Crippen LogP contribution in [0.4, 0.5) is 5.69 Å². The number of benzene rings is 3. The van der Waals surface area contributed by atoms with Crippen molar-refractivity contribution in [3.05, 3.63) is 86.6 Å². The molecule has 0 aliphatic heterocycles. The third-order valence-electron chi connectivity index (χ3n) is 4.67. The number of nitrogens with one attached hydrogen (secondary N) is 1. The molecule has 3 aromatic carbocycles. The lowest BCUT2D eigenvalue weighted by Gasteiger charge is -2.08. The van der Waals surface area contributed by atoms with Gasteiger partial charge in [-0.15, -0.1) is 0 Å². The van der Waals surface area contributed by atoms with E-state index in [0.717, 1.165) is 14.7 Å². The Morgan fingerprint density at radius 2 is 1.78 bits per heavy atom. The van der Waals surface area contributed by atoms with Gasteiger partial charge in [-0.05, 0) is 83.5 Å². The number of nitrogens with zero attached hydrogens (tertiary/aromatic N) is 2. The number of carbonyl (C=O) groups excluding carboxylic acids is 1. The van der Waals surface area contributed by atoms with Crippen LogP contribution in [0.3, 0.4) is 0 Å². The molecule has 1 heterocycles. The average molecular weight is 551 g/mol. The second-order valence-electron chi connectivity index (χ2n) is 6.77. The molecule has 4 aromatic rings. The van der Waals surface area contributed by atoms with Crippen LogP contribution in [-0.4, -0.2) is 18.9 Å². The van der Waals surface area contributed by atoms with Crippen LogP contribution in [0, 0.1) is 0 Å². The number of hydrogen-bond acceptors (Lipinski definition) is 4. The lowest BCUT2D eigenvalue weighted by Crippen LogP contribution is -2.16. The molecule has 0 aliphatic carbocycles. The normalized spacial score (nSPS) is 12.3. The van der Waals surface area contributed by atoms with Crippen LogP contribution in [0.5, 0.6) is 0 Å². The Balaban J connectivity index is 1.60. The van der Waals surface area contributed by atoms with Crippen LogP contribution in [0.2, 0.25) is 5.02 Å². The lowest BCUT2D eigenvalue weighted by molar-refractivity contribution is 0.0998. The first-order chi connectivity index (χ1) is 15.3. The SMILES string of the molecule is CCn1c(=NC(=O)c2ccc(NS(=O)(=O)c3ccc(Cl)cc3)cc2)sc2cccc(Br)c21. The minimum absolute atomic E-state index is 0.0945. The fourth-order valence-electron chi connectivity index (χ4n) is 3.13. The van der Waals surface area contributed by atoms with E-state index >= 15 is 0 Å². The molecule has 1 N–H and O–H groups in total. The zero-order valence-electron chi connectivity index (χ0n) is 16.7. The minimum atomic E-state index is -3.76. The number of aryl methyl sites for hydroxylation is 1. The van der Waals surface area contributed by atoms with Gasteiger partial charge in [0.1, 0.15) is 0 Å². The van der Waals surface area contributed by atoms with Crippen molar-refractivity contribution in [2.24, 2.45) is 4.99 Å². The number of fused-ring (bicyclic) bond motifs is 1. The molecule has 0 spiro atoms. The van der Waals surface area contributed by atoms with Gasteiger partial charge in [-0.2, -0.15) is 4.99 Å². The molecule has 0 unspecified atom stereocenters. The summed E-state index contributed by atoms with van der Waals surface area (Å²) >= 11 is 10.8. The first-order valence-electron chi connectivity index (χ1n) is 9.54. The first-order valence-corrected chi connectivity index (χ1v) is 13.0. The Kier molecular flexibility index (Phi) is 6.52. The van der Waals surface area contributed by atoms with Gasteiger partial charge in [0.25, 0.3) is 15.9 Å². The molecule has 164 valence electrons. The summed E-state index contributed by atoms with van der Waals surface area (Å²) in [6.07, 6.45) is 0. The van der Waals surface area contributed by atoms with Crippen LogP contribution in [0.25, 0.3) is 10.2 Å². The van der Waals surface area contributed by atoms with Gasteiger partial charge >= 0.3 is 0 Å². The average Bonchev–Trinajstić information content (AvgIpc) is 3.12. The van der Waals surface area contributed by atoms with Gasteiger partial charge in [-0.1, -0.05) is 29.0 Å². The summed E-state index contributed by atoms with van der Waals surface area (Å²) in [5.41, 5.74) is 1.70. The van der Waals surface area contributed by atoms with Crippen molar-refractivity contribution in [1.82, 2.24) is 4.57 Å². The van der Waals surface area contributed by atoms with Gasteiger partial charge in [0.05, 0.1) is 15.1 Å². The highest BCUT2D eigenvalue weighted by Gasteiger charge is 2.15. The molecule has 0 radical (unpaired) electrons. The molecule has 10 heteroatoms. The molecule has 0 atom stereocenters. The number of thiazole rings is 1. The second kappa shape index (κ2) is 9.19. The smallest absolute Gasteiger partial charge is 0.279 e. The van der Waals surface area contributed by atoms with Gasteiger partial charge in [-0.3, -0.25) is 9.52 Å². The van der Waals surface area contributed by atoms with E-state index in [-0.39, 0.29) is 4.90 Å². The van der Waals surface area contributed by atoms with E-state index < -0.39 is 15.9 Å². The number of halogens is 2. The van der Waals surface area contributed by atoms with Crippen molar-refractivity contribution in [3.8, 4) is 0 Å². The van der Waals surface area contributed by atoms with Crippen LogP contribution in [-0.2, 0) is 16.6 Å². The fraction of sp³-hybridized carbons (Fsp3) is 0.0909. The van der Waals surface area contributed by atoms with E-state index in [4.69, 9.17) is 11.6 Å². The first kappa shape index (κ1) is 22.7. The largest absolute Gasteiger partial charge is 0.316 e. The number of aromatic nitrogens is 1. The predicted octanol–water partition coefficient (Wildman–Crippen LogP) is 5.68. The zero-order chi connectivity index (χ0) is 22.9. The molecule has 6 nitrogen and oxygen atoms in total. The standard InChI is InChI=1S/C22H17BrClN3O3S2/c1-2-27-20-18(23)4-3-5-19(20)31-22(27)25-21(28)14-6-10-16(11-7-14)26-32(29,30)17-12-8-15(24)9-13-17/h3-13,26H,2H2,1H3. The van der Waals surface area contributed by atoms with Crippen LogP contribution in [0.1, 0.15) is 17.3 Å². The highest BCUT2D eigenvalue weighted by molar-refractivity contribution is 9.10. The van der Waals surface area contributed by atoms with Gasteiger partial charge in [-0.25, -0.2) is 8.42 Å². The fourth-order valence-corrected chi connectivity index (χ4v) is 6.14. The molecule has 4 rings (SSSR count). The van der Waals surface area contributed by atoms with Crippen molar-refractivity contribution in [3.63, 3.8) is 0 Å². The molecule has 0 aliphatic rings. The summed E-state index contributed by atoms with van der Waals surface area (Å²) in [5.74, 6) is -0.401. The van der Waals surface area contributed by atoms with Crippen molar-refractivity contribution in [1.29, 1.82) is 0 Å². The highest BCUT2D eigenvalue weighted by atomic mass is 79.9. The predicted molar refractivity (Wildman–Crippen MR) is 132 cm³/mol.